The number of nitrogens with zero attached hydrogens (tertiary/aromatic N) is 1. The third-order valence-corrected chi connectivity index (χ3v) is 3.53. The third kappa shape index (κ3) is 2.81. The molecule has 0 saturated carbocycles. The van der Waals surface area contributed by atoms with Gasteiger partial charge in [-0.05, 0) is 30.3 Å². The number of rotatable bonds is 4. The van der Waals surface area contributed by atoms with Crippen molar-refractivity contribution < 1.29 is 24.1 Å². The van der Waals surface area contributed by atoms with E-state index in [2.05, 4.69) is 9.72 Å². The number of carbonyl (C=O) groups excluding carboxylic acids is 1. The van der Waals surface area contributed by atoms with E-state index in [-0.39, 0.29) is 11.4 Å². The summed E-state index contributed by atoms with van der Waals surface area (Å²) in [5, 5.41) is 11.3. The highest BCUT2D eigenvalue weighted by atomic mass is 16.5. The number of aromatic hydroxyl groups is 1. The topological polar surface area (TPSA) is 77.9 Å². The fourth-order valence-electron chi connectivity index (χ4n) is 2.31. The number of hydrogen-bond donors (Lipinski definition) is 1. The first-order valence-corrected chi connectivity index (χ1v) is 7.15. The van der Waals surface area contributed by atoms with E-state index >= 15 is 0 Å². The number of aromatic nitrogens is 1. The van der Waals surface area contributed by atoms with Gasteiger partial charge in [0.25, 0.3) is 0 Å². The van der Waals surface area contributed by atoms with Gasteiger partial charge in [-0.25, -0.2) is 9.78 Å². The molecule has 0 fully saturated rings. The number of methoxy groups -OCH3 is 2. The molecule has 24 heavy (non-hydrogen) atoms. The maximum absolute atomic E-state index is 11.6. The van der Waals surface area contributed by atoms with Crippen LogP contribution in [-0.2, 0) is 4.74 Å². The zero-order valence-corrected chi connectivity index (χ0v) is 13.1. The highest BCUT2D eigenvalue weighted by molar-refractivity contribution is 6.00. The summed E-state index contributed by atoms with van der Waals surface area (Å²) in [4.78, 5) is 15.6. The Kier molecular flexibility index (Phi) is 4.20. The van der Waals surface area contributed by atoms with E-state index in [4.69, 9.17) is 9.47 Å². The molecule has 122 valence electrons. The quantitative estimate of drug-likeness (QED) is 0.739. The van der Waals surface area contributed by atoms with Crippen molar-refractivity contribution >= 4 is 16.7 Å². The first-order chi connectivity index (χ1) is 11.6. The van der Waals surface area contributed by atoms with Crippen molar-refractivity contribution in [2.45, 2.75) is 0 Å². The van der Waals surface area contributed by atoms with E-state index in [1.807, 2.05) is 0 Å². The molecule has 0 unspecified atom stereocenters. The van der Waals surface area contributed by atoms with Crippen LogP contribution in [0.3, 0.4) is 0 Å². The second-order valence-electron chi connectivity index (χ2n) is 4.94. The van der Waals surface area contributed by atoms with Crippen molar-refractivity contribution in [3.63, 3.8) is 0 Å². The maximum atomic E-state index is 11.6. The van der Waals surface area contributed by atoms with E-state index in [0.29, 0.717) is 22.3 Å². The lowest BCUT2D eigenvalue weighted by atomic mass is 10.1. The predicted octanol–water partition coefficient (Wildman–Crippen LogP) is 3.53. The molecule has 0 spiro atoms. The molecule has 2 aromatic carbocycles. The first kappa shape index (κ1) is 15.6. The molecule has 1 heterocycles. The second kappa shape index (κ2) is 6.45. The molecule has 1 N–H and O–H groups in total. The third-order valence-electron chi connectivity index (χ3n) is 3.53. The van der Waals surface area contributed by atoms with Crippen LogP contribution in [0.25, 0.3) is 10.8 Å². The Morgan fingerprint density at radius 1 is 1.00 bits per heavy atom. The van der Waals surface area contributed by atoms with Crippen molar-refractivity contribution in [3.05, 3.63) is 54.4 Å². The molecule has 0 aliphatic carbocycles. The largest absolute Gasteiger partial charge is 0.505 e. The summed E-state index contributed by atoms with van der Waals surface area (Å²) in [6, 6.07) is 12.3. The summed E-state index contributed by atoms with van der Waals surface area (Å²) in [6.07, 6.45) is 1.47. The summed E-state index contributed by atoms with van der Waals surface area (Å²) < 4.78 is 15.6. The van der Waals surface area contributed by atoms with Gasteiger partial charge in [-0.15, -0.1) is 0 Å². The van der Waals surface area contributed by atoms with Gasteiger partial charge in [0.2, 0.25) is 0 Å². The van der Waals surface area contributed by atoms with Crippen molar-refractivity contribution in [3.8, 4) is 23.0 Å². The number of carbonyl (C=O) groups is 1. The summed E-state index contributed by atoms with van der Waals surface area (Å²) in [6.45, 7) is 0. The van der Waals surface area contributed by atoms with Crippen molar-refractivity contribution in [2.24, 2.45) is 0 Å². The van der Waals surface area contributed by atoms with E-state index in [9.17, 15) is 9.90 Å². The zero-order valence-electron chi connectivity index (χ0n) is 13.1. The van der Waals surface area contributed by atoms with Crippen LogP contribution in [0.2, 0.25) is 0 Å². The number of pyridine rings is 1. The Labute approximate surface area is 138 Å². The van der Waals surface area contributed by atoms with Gasteiger partial charge in [-0.1, -0.05) is 12.1 Å². The smallest absolute Gasteiger partial charge is 0.360 e. The van der Waals surface area contributed by atoms with Gasteiger partial charge in [0.15, 0.2) is 11.4 Å². The molecule has 1 aromatic heterocycles. The minimum Gasteiger partial charge on any atom is -0.505 e. The minimum atomic E-state index is -0.698. The van der Waals surface area contributed by atoms with Gasteiger partial charge >= 0.3 is 5.97 Å². The number of fused-ring (bicyclic) bond motifs is 1. The Morgan fingerprint density at radius 3 is 2.38 bits per heavy atom. The molecule has 0 saturated heterocycles. The monoisotopic (exact) mass is 325 g/mol. The van der Waals surface area contributed by atoms with E-state index < -0.39 is 5.97 Å². The van der Waals surface area contributed by atoms with Crippen LogP contribution in [0.1, 0.15) is 10.5 Å². The van der Waals surface area contributed by atoms with Gasteiger partial charge in [-0.3, -0.25) is 0 Å². The Morgan fingerprint density at radius 2 is 1.71 bits per heavy atom. The molecule has 0 aliphatic rings. The van der Waals surface area contributed by atoms with Crippen LogP contribution < -0.4 is 9.47 Å². The summed E-state index contributed by atoms with van der Waals surface area (Å²) in [5.41, 5.74) is -0.133. The van der Waals surface area contributed by atoms with E-state index in [1.165, 1.54) is 13.3 Å². The molecule has 0 radical (unpaired) electrons. The van der Waals surface area contributed by atoms with Crippen molar-refractivity contribution in [2.75, 3.05) is 14.2 Å². The van der Waals surface area contributed by atoms with Crippen molar-refractivity contribution in [1.82, 2.24) is 4.98 Å². The van der Waals surface area contributed by atoms with Crippen LogP contribution in [0, 0.1) is 0 Å². The highest BCUT2D eigenvalue weighted by Crippen LogP contribution is 2.35. The fourth-order valence-corrected chi connectivity index (χ4v) is 2.31. The van der Waals surface area contributed by atoms with Crippen LogP contribution in [-0.4, -0.2) is 30.3 Å². The van der Waals surface area contributed by atoms with Crippen LogP contribution >= 0.6 is 0 Å². The van der Waals surface area contributed by atoms with Gasteiger partial charge in [0.05, 0.1) is 14.2 Å². The molecule has 3 rings (SSSR count). The van der Waals surface area contributed by atoms with Gasteiger partial charge in [0.1, 0.15) is 17.2 Å². The summed E-state index contributed by atoms with van der Waals surface area (Å²) in [7, 11) is 2.82. The van der Waals surface area contributed by atoms with Crippen LogP contribution in [0.4, 0.5) is 0 Å². The van der Waals surface area contributed by atoms with Crippen molar-refractivity contribution in [1.29, 1.82) is 0 Å². The molecule has 0 amide bonds. The highest BCUT2D eigenvalue weighted by Gasteiger charge is 2.17. The molecule has 3 aromatic rings. The van der Waals surface area contributed by atoms with Gasteiger partial charge in [0, 0.05) is 17.0 Å². The molecular formula is C18H15NO5. The number of esters is 1. The summed E-state index contributed by atoms with van der Waals surface area (Å²) in [5.74, 6) is 0.912. The van der Waals surface area contributed by atoms with E-state index in [1.54, 1.807) is 49.6 Å². The lowest BCUT2D eigenvalue weighted by Crippen LogP contribution is -2.04. The summed E-state index contributed by atoms with van der Waals surface area (Å²) >= 11 is 0. The predicted molar refractivity (Wildman–Crippen MR) is 87.8 cm³/mol. The minimum absolute atomic E-state index is 0.133. The zero-order chi connectivity index (χ0) is 17.1. The Bertz CT molecular complexity index is 890. The maximum Gasteiger partial charge on any atom is 0.360 e. The molecular weight excluding hydrogens is 310 g/mol. The molecule has 0 aliphatic heterocycles. The fraction of sp³-hybridized carbons (Fsp3) is 0.111. The number of ether oxygens (including phenoxy) is 3. The lowest BCUT2D eigenvalue weighted by molar-refractivity contribution is 0.0591. The van der Waals surface area contributed by atoms with Crippen LogP contribution in [0.5, 0.6) is 23.0 Å². The van der Waals surface area contributed by atoms with Gasteiger partial charge in [-0.2, -0.15) is 0 Å². The molecule has 0 bridgehead atoms. The lowest BCUT2D eigenvalue weighted by Gasteiger charge is -2.11. The average molecular weight is 325 g/mol. The molecule has 0 atom stereocenters. The normalized spacial score (nSPS) is 10.4. The SMILES string of the molecule is COC(=O)c1ncc2c(Oc3ccc(OC)cc3)cccc2c1O. The first-order valence-electron chi connectivity index (χ1n) is 7.15. The molecule has 6 nitrogen and oxygen atoms in total. The van der Waals surface area contributed by atoms with Crippen LogP contribution in [0.15, 0.2) is 48.7 Å². The van der Waals surface area contributed by atoms with Gasteiger partial charge < -0.3 is 19.3 Å². The average Bonchev–Trinajstić information content (AvgIpc) is 2.62. The Hall–Kier alpha value is -3.28. The number of benzene rings is 2. The number of hydrogen-bond acceptors (Lipinski definition) is 6. The van der Waals surface area contributed by atoms with E-state index in [0.717, 1.165) is 5.75 Å². The Balaban J connectivity index is 2.02. The standard InChI is InChI=1S/C18H15NO5/c1-22-11-6-8-12(9-7-11)24-15-5-3-4-13-14(15)10-19-16(17(13)20)18(21)23-2/h3-10,20H,1-2H3. The second-order valence-corrected chi connectivity index (χ2v) is 4.94. The molecule has 6 heteroatoms.